The van der Waals surface area contributed by atoms with E-state index in [1.54, 1.807) is 12.1 Å². The monoisotopic (exact) mass is 575 g/mol. The van der Waals surface area contributed by atoms with Gasteiger partial charge in [0.1, 0.15) is 5.82 Å². The average Bonchev–Trinajstić information content (AvgIpc) is 3.24. The SMILES string of the molecule is C[C@H]1C[C@@H](C(=O)O)CN(C[C@@H]2CC[C@H](O[C@H](C)c3cc(C(F)(F)F)cc(C(F)(F)F)c3)[C@H]2c2ccc(F)cc2)C1. The molecular weight excluding hydrogens is 543 g/mol. The van der Waals surface area contributed by atoms with E-state index in [1.807, 2.05) is 6.92 Å². The molecule has 0 amide bonds. The van der Waals surface area contributed by atoms with E-state index < -0.39 is 53.4 Å². The molecule has 0 aromatic heterocycles. The summed E-state index contributed by atoms with van der Waals surface area (Å²) in [4.78, 5) is 13.8. The summed E-state index contributed by atoms with van der Waals surface area (Å²) in [5.41, 5.74) is -2.29. The van der Waals surface area contributed by atoms with Crippen molar-refractivity contribution in [1.82, 2.24) is 4.90 Å². The lowest BCUT2D eigenvalue weighted by atomic mass is 9.85. The predicted octanol–water partition coefficient (Wildman–Crippen LogP) is 7.55. The fourth-order valence-electron chi connectivity index (χ4n) is 6.25. The summed E-state index contributed by atoms with van der Waals surface area (Å²) in [7, 11) is 0. The Bertz CT molecular complexity index is 1150. The van der Waals surface area contributed by atoms with E-state index in [1.165, 1.54) is 19.1 Å². The first kappa shape index (κ1) is 30.3. The van der Waals surface area contributed by atoms with Gasteiger partial charge in [-0.25, -0.2) is 4.39 Å². The van der Waals surface area contributed by atoms with Crippen molar-refractivity contribution in [3.8, 4) is 0 Å². The van der Waals surface area contributed by atoms with E-state index in [2.05, 4.69) is 4.90 Å². The number of nitrogens with zero attached hydrogens (tertiary/aromatic N) is 1. The molecule has 2 fully saturated rings. The van der Waals surface area contributed by atoms with Crippen molar-refractivity contribution in [2.24, 2.45) is 17.8 Å². The first-order valence-electron chi connectivity index (χ1n) is 13.3. The molecule has 1 heterocycles. The largest absolute Gasteiger partial charge is 0.481 e. The number of hydrogen-bond acceptors (Lipinski definition) is 3. The van der Waals surface area contributed by atoms with E-state index in [0.717, 1.165) is 5.56 Å². The number of ether oxygens (including phenoxy) is 1. The second kappa shape index (κ2) is 11.7. The molecule has 1 saturated carbocycles. The minimum atomic E-state index is -4.97. The second-order valence-corrected chi connectivity index (χ2v) is 11.2. The highest BCUT2D eigenvalue weighted by Gasteiger charge is 2.42. The minimum absolute atomic E-state index is 0.0327. The van der Waals surface area contributed by atoms with Crippen LogP contribution in [0.1, 0.15) is 67.4 Å². The van der Waals surface area contributed by atoms with E-state index in [0.29, 0.717) is 51.0 Å². The lowest BCUT2D eigenvalue weighted by Gasteiger charge is -2.38. The molecule has 11 heteroatoms. The lowest BCUT2D eigenvalue weighted by Crippen LogP contribution is -2.45. The standard InChI is InChI=1S/C29H32F7NO3/c1-16-9-21(27(38)39)15-37(13-16)14-19-5-8-25(26(19)18-3-6-24(30)7-4-18)40-17(2)20-10-22(28(31,32)33)12-23(11-20)29(34,35)36/h3-4,6-7,10-12,16-17,19,21,25-26H,5,8-9,13-15H2,1-2H3,(H,38,39)/t16-,17+,19-,21+,25-,26-/m0/s1. The molecular formula is C29H32F7NO3. The second-order valence-electron chi connectivity index (χ2n) is 11.2. The molecule has 40 heavy (non-hydrogen) atoms. The summed E-state index contributed by atoms with van der Waals surface area (Å²) < 4.78 is 100. The van der Waals surface area contributed by atoms with Gasteiger partial charge in [-0.05, 0) is 79.5 Å². The normalized spacial score (nSPS) is 27.1. The number of hydrogen-bond donors (Lipinski definition) is 1. The summed E-state index contributed by atoms with van der Waals surface area (Å²) in [5.74, 6) is -1.96. The lowest BCUT2D eigenvalue weighted by molar-refractivity contribution is -0.145. The van der Waals surface area contributed by atoms with Crippen LogP contribution in [0.15, 0.2) is 42.5 Å². The van der Waals surface area contributed by atoms with Crippen LogP contribution in [0, 0.1) is 23.6 Å². The maximum atomic E-state index is 13.7. The van der Waals surface area contributed by atoms with Crippen LogP contribution >= 0.6 is 0 Å². The maximum absolute atomic E-state index is 13.7. The van der Waals surface area contributed by atoms with Crippen molar-refractivity contribution in [3.05, 3.63) is 70.5 Å². The van der Waals surface area contributed by atoms with Crippen molar-refractivity contribution in [1.29, 1.82) is 0 Å². The molecule has 1 N–H and O–H groups in total. The van der Waals surface area contributed by atoms with Crippen LogP contribution in [0.2, 0.25) is 0 Å². The topological polar surface area (TPSA) is 49.8 Å². The number of rotatable bonds is 7. The molecule has 6 atom stereocenters. The third kappa shape index (κ3) is 7.15. The Morgan fingerprint density at radius 3 is 2.15 bits per heavy atom. The van der Waals surface area contributed by atoms with Crippen LogP contribution in [-0.2, 0) is 21.9 Å². The van der Waals surface area contributed by atoms with E-state index in [4.69, 9.17) is 4.74 Å². The quantitative estimate of drug-likeness (QED) is 0.347. The van der Waals surface area contributed by atoms with E-state index in [-0.39, 0.29) is 29.4 Å². The summed E-state index contributed by atoms with van der Waals surface area (Å²) in [6, 6.07) is 7.29. The molecule has 0 bridgehead atoms. The van der Waals surface area contributed by atoms with E-state index >= 15 is 0 Å². The Hall–Kier alpha value is -2.66. The van der Waals surface area contributed by atoms with Gasteiger partial charge >= 0.3 is 18.3 Å². The van der Waals surface area contributed by atoms with Gasteiger partial charge in [0.15, 0.2) is 0 Å². The van der Waals surface area contributed by atoms with E-state index in [9.17, 15) is 40.6 Å². The number of carboxylic acids is 1. The van der Waals surface area contributed by atoms with Gasteiger partial charge in [-0.2, -0.15) is 26.3 Å². The van der Waals surface area contributed by atoms with Crippen molar-refractivity contribution < 1.29 is 45.4 Å². The van der Waals surface area contributed by atoms with Crippen LogP contribution in [-0.4, -0.2) is 41.7 Å². The Morgan fingerprint density at radius 1 is 1.00 bits per heavy atom. The molecule has 2 aliphatic rings. The zero-order valence-corrected chi connectivity index (χ0v) is 22.1. The number of aliphatic carboxylic acids is 1. The Balaban J connectivity index is 1.60. The zero-order valence-electron chi connectivity index (χ0n) is 22.1. The number of halogens is 7. The van der Waals surface area contributed by atoms with Crippen molar-refractivity contribution in [2.45, 2.75) is 63.6 Å². The fourth-order valence-corrected chi connectivity index (χ4v) is 6.25. The predicted molar refractivity (Wildman–Crippen MR) is 133 cm³/mol. The highest BCUT2D eigenvalue weighted by molar-refractivity contribution is 5.70. The smallest absolute Gasteiger partial charge is 0.416 e. The highest BCUT2D eigenvalue weighted by atomic mass is 19.4. The summed E-state index contributed by atoms with van der Waals surface area (Å²) >= 11 is 0. The van der Waals surface area contributed by atoms with Gasteiger partial charge in [0, 0.05) is 25.6 Å². The van der Waals surface area contributed by atoms with Gasteiger partial charge < -0.3 is 14.7 Å². The van der Waals surface area contributed by atoms with Crippen molar-refractivity contribution in [3.63, 3.8) is 0 Å². The molecule has 0 unspecified atom stereocenters. The number of likely N-dealkylation sites (tertiary alicyclic amines) is 1. The number of piperidine rings is 1. The first-order valence-corrected chi connectivity index (χ1v) is 13.3. The molecule has 4 rings (SSSR count). The van der Waals surface area contributed by atoms with Gasteiger partial charge in [-0.15, -0.1) is 0 Å². The molecule has 0 radical (unpaired) electrons. The van der Waals surface area contributed by atoms with Gasteiger partial charge in [0.05, 0.1) is 29.3 Å². The average molecular weight is 576 g/mol. The van der Waals surface area contributed by atoms with Crippen LogP contribution in [0.4, 0.5) is 30.7 Å². The number of alkyl halides is 6. The molecule has 1 aliphatic carbocycles. The third-order valence-electron chi connectivity index (χ3n) is 8.02. The molecule has 0 spiro atoms. The zero-order chi connectivity index (χ0) is 29.4. The van der Waals surface area contributed by atoms with Crippen LogP contribution in [0.5, 0.6) is 0 Å². The fraction of sp³-hybridized carbons (Fsp3) is 0.552. The molecule has 1 saturated heterocycles. The summed E-state index contributed by atoms with van der Waals surface area (Å²) in [6.45, 7) is 5.06. The molecule has 2 aromatic carbocycles. The number of benzene rings is 2. The van der Waals surface area contributed by atoms with Gasteiger partial charge in [-0.1, -0.05) is 19.1 Å². The molecule has 1 aliphatic heterocycles. The highest BCUT2D eigenvalue weighted by Crippen LogP contribution is 2.45. The van der Waals surface area contributed by atoms with Crippen molar-refractivity contribution >= 4 is 5.97 Å². The molecule has 4 nitrogen and oxygen atoms in total. The Labute approximate surface area is 228 Å². The van der Waals surface area contributed by atoms with Crippen molar-refractivity contribution in [2.75, 3.05) is 19.6 Å². The number of carbonyl (C=O) groups is 1. The summed E-state index contributed by atoms with van der Waals surface area (Å²) in [6.07, 6.45) is -9.84. The van der Waals surface area contributed by atoms with Gasteiger partial charge in [0.25, 0.3) is 0 Å². The Morgan fingerprint density at radius 2 is 1.60 bits per heavy atom. The minimum Gasteiger partial charge on any atom is -0.481 e. The van der Waals surface area contributed by atoms with Crippen LogP contribution in [0.3, 0.4) is 0 Å². The molecule has 2 aromatic rings. The first-order chi connectivity index (χ1) is 18.6. The van der Waals surface area contributed by atoms with Gasteiger partial charge in [0.2, 0.25) is 0 Å². The van der Waals surface area contributed by atoms with Crippen LogP contribution in [0.25, 0.3) is 0 Å². The van der Waals surface area contributed by atoms with Gasteiger partial charge in [-0.3, -0.25) is 4.79 Å². The molecule has 220 valence electrons. The van der Waals surface area contributed by atoms with Crippen LogP contribution < -0.4 is 0 Å². The summed E-state index contributed by atoms with van der Waals surface area (Å²) in [5, 5.41) is 9.56. The third-order valence-corrected chi connectivity index (χ3v) is 8.02. The number of carboxylic acid groups (broad SMARTS) is 1. The maximum Gasteiger partial charge on any atom is 0.416 e. The Kier molecular flexibility index (Phi) is 8.85.